The SMILES string of the molecule is CC(C)C(NC(=O)C(Cc1ccccc1)NC(=O)C(CS)NC(=O)CN)C(=O)O. The lowest BCUT2D eigenvalue weighted by atomic mass is 10.0. The molecule has 3 amide bonds. The van der Waals surface area contributed by atoms with Crippen LogP contribution in [0.15, 0.2) is 30.3 Å². The Morgan fingerprint density at radius 3 is 2.07 bits per heavy atom. The number of amides is 3. The van der Waals surface area contributed by atoms with Crippen LogP contribution in [0.5, 0.6) is 0 Å². The Bertz CT molecular complexity index is 714. The quantitative estimate of drug-likeness (QED) is 0.259. The Labute approximate surface area is 175 Å². The number of hydrogen-bond donors (Lipinski definition) is 6. The molecule has 0 spiro atoms. The molecule has 0 heterocycles. The van der Waals surface area contributed by atoms with Crippen molar-refractivity contribution in [3.63, 3.8) is 0 Å². The van der Waals surface area contributed by atoms with Crippen LogP contribution in [0.2, 0.25) is 0 Å². The number of carboxylic acid groups (broad SMARTS) is 1. The fourth-order valence-corrected chi connectivity index (χ4v) is 2.80. The van der Waals surface area contributed by atoms with Gasteiger partial charge >= 0.3 is 5.97 Å². The van der Waals surface area contributed by atoms with Gasteiger partial charge in [-0.2, -0.15) is 12.6 Å². The lowest BCUT2D eigenvalue weighted by molar-refractivity contribution is -0.143. The first-order valence-corrected chi connectivity index (χ1v) is 9.80. The third-order valence-electron chi connectivity index (χ3n) is 4.17. The summed E-state index contributed by atoms with van der Waals surface area (Å²) >= 11 is 4.06. The van der Waals surface area contributed by atoms with Crippen molar-refractivity contribution in [2.75, 3.05) is 12.3 Å². The number of aliphatic carboxylic acids is 1. The molecule has 3 atom stereocenters. The van der Waals surface area contributed by atoms with E-state index in [9.17, 15) is 24.3 Å². The minimum absolute atomic E-state index is 0.000986. The largest absolute Gasteiger partial charge is 0.480 e. The second kappa shape index (κ2) is 12.1. The van der Waals surface area contributed by atoms with Crippen LogP contribution in [0, 0.1) is 5.92 Å². The number of nitrogens with one attached hydrogen (secondary N) is 3. The minimum atomic E-state index is -1.17. The van der Waals surface area contributed by atoms with Gasteiger partial charge < -0.3 is 26.8 Å². The number of carboxylic acids is 1. The first-order chi connectivity index (χ1) is 13.7. The van der Waals surface area contributed by atoms with Crippen LogP contribution in [-0.2, 0) is 25.6 Å². The molecular weight excluding hydrogens is 396 g/mol. The molecule has 0 radical (unpaired) electrons. The second-order valence-corrected chi connectivity index (χ2v) is 7.19. The second-order valence-electron chi connectivity index (χ2n) is 6.83. The molecule has 0 aliphatic heterocycles. The van der Waals surface area contributed by atoms with Gasteiger partial charge in [-0.05, 0) is 11.5 Å². The standard InChI is InChI=1S/C19H28N4O5S/c1-11(2)16(19(27)28)23-17(25)13(8-12-6-4-3-5-7-12)22-18(26)14(10-29)21-15(24)9-20/h3-7,11,13-14,16,29H,8-10,20H2,1-2H3,(H,21,24)(H,22,26)(H,23,25)(H,27,28). The van der Waals surface area contributed by atoms with Crippen molar-refractivity contribution < 1.29 is 24.3 Å². The molecule has 1 aromatic rings. The maximum atomic E-state index is 12.8. The van der Waals surface area contributed by atoms with Crippen molar-refractivity contribution in [3.05, 3.63) is 35.9 Å². The highest BCUT2D eigenvalue weighted by Gasteiger charge is 2.30. The van der Waals surface area contributed by atoms with Crippen molar-refractivity contribution in [1.82, 2.24) is 16.0 Å². The zero-order valence-corrected chi connectivity index (χ0v) is 17.3. The average molecular weight is 425 g/mol. The summed E-state index contributed by atoms with van der Waals surface area (Å²) in [5, 5.41) is 16.8. The Kier molecular flexibility index (Phi) is 10.2. The van der Waals surface area contributed by atoms with Crippen LogP contribution in [0.25, 0.3) is 0 Å². The fraction of sp³-hybridized carbons (Fsp3) is 0.474. The molecule has 3 unspecified atom stereocenters. The van der Waals surface area contributed by atoms with Gasteiger partial charge in [-0.1, -0.05) is 44.2 Å². The summed E-state index contributed by atoms with van der Waals surface area (Å²) in [5.41, 5.74) is 6.03. The summed E-state index contributed by atoms with van der Waals surface area (Å²) in [6, 6.07) is 5.84. The summed E-state index contributed by atoms with van der Waals surface area (Å²) in [6.45, 7) is 3.05. The maximum absolute atomic E-state index is 12.8. The molecule has 0 fully saturated rings. The lowest BCUT2D eigenvalue weighted by Gasteiger charge is -2.25. The Hall–Kier alpha value is -2.59. The van der Waals surface area contributed by atoms with Crippen molar-refractivity contribution >= 4 is 36.3 Å². The van der Waals surface area contributed by atoms with Crippen LogP contribution in [0.1, 0.15) is 19.4 Å². The van der Waals surface area contributed by atoms with E-state index < -0.39 is 41.8 Å². The van der Waals surface area contributed by atoms with E-state index in [-0.39, 0.29) is 24.6 Å². The van der Waals surface area contributed by atoms with Gasteiger partial charge in [0.05, 0.1) is 6.54 Å². The number of benzene rings is 1. The van der Waals surface area contributed by atoms with Gasteiger partial charge in [0, 0.05) is 12.2 Å². The van der Waals surface area contributed by atoms with E-state index in [1.165, 1.54) is 0 Å². The third kappa shape index (κ3) is 8.12. The van der Waals surface area contributed by atoms with Crippen LogP contribution in [-0.4, -0.2) is 59.2 Å². The zero-order chi connectivity index (χ0) is 22.0. The molecule has 0 saturated carbocycles. The van der Waals surface area contributed by atoms with E-state index in [0.29, 0.717) is 0 Å². The molecule has 1 rings (SSSR count). The van der Waals surface area contributed by atoms with Gasteiger partial charge in [0.1, 0.15) is 18.1 Å². The summed E-state index contributed by atoms with van der Waals surface area (Å²) in [6.07, 6.45) is 0.146. The van der Waals surface area contributed by atoms with E-state index in [4.69, 9.17) is 5.73 Å². The Balaban J connectivity index is 3.00. The normalized spacial score (nSPS) is 13.8. The molecule has 6 N–H and O–H groups in total. The lowest BCUT2D eigenvalue weighted by Crippen LogP contribution is -2.57. The highest BCUT2D eigenvalue weighted by atomic mass is 32.1. The minimum Gasteiger partial charge on any atom is -0.480 e. The number of nitrogens with two attached hydrogens (primary N) is 1. The number of rotatable bonds is 11. The molecule has 9 nitrogen and oxygen atoms in total. The van der Waals surface area contributed by atoms with Gasteiger partial charge in [-0.3, -0.25) is 14.4 Å². The Morgan fingerprint density at radius 1 is 1.00 bits per heavy atom. The summed E-state index contributed by atoms with van der Waals surface area (Å²) < 4.78 is 0. The smallest absolute Gasteiger partial charge is 0.326 e. The van der Waals surface area contributed by atoms with Crippen molar-refractivity contribution in [1.29, 1.82) is 0 Å². The van der Waals surface area contributed by atoms with E-state index in [1.807, 2.05) is 6.07 Å². The van der Waals surface area contributed by atoms with Crippen LogP contribution < -0.4 is 21.7 Å². The average Bonchev–Trinajstić information content (AvgIpc) is 2.69. The summed E-state index contributed by atoms with van der Waals surface area (Å²) in [5.74, 6) is -3.30. The topological polar surface area (TPSA) is 151 Å². The summed E-state index contributed by atoms with van der Waals surface area (Å²) in [4.78, 5) is 48.3. The number of hydrogen-bond acceptors (Lipinski definition) is 6. The number of carbonyl (C=O) groups is 4. The molecular formula is C19H28N4O5S. The van der Waals surface area contributed by atoms with Gasteiger partial charge in [0.2, 0.25) is 17.7 Å². The van der Waals surface area contributed by atoms with E-state index in [1.54, 1.807) is 38.1 Å². The summed E-state index contributed by atoms with van der Waals surface area (Å²) in [7, 11) is 0. The Morgan fingerprint density at radius 2 is 1.59 bits per heavy atom. The molecule has 1 aromatic carbocycles. The van der Waals surface area contributed by atoms with Crippen molar-refractivity contribution in [2.45, 2.75) is 38.4 Å². The molecule has 0 aromatic heterocycles. The molecule has 160 valence electrons. The monoisotopic (exact) mass is 424 g/mol. The van der Waals surface area contributed by atoms with E-state index in [2.05, 4.69) is 28.6 Å². The van der Waals surface area contributed by atoms with Crippen LogP contribution in [0.3, 0.4) is 0 Å². The number of carbonyl (C=O) groups excluding carboxylic acids is 3. The van der Waals surface area contributed by atoms with Gasteiger partial charge in [-0.15, -0.1) is 0 Å². The van der Waals surface area contributed by atoms with Crippen molar-refractivity contribution in [3.8, 4) is 0 Å². The third-order valence-corrected chi connectivity index (χ3v) is 4.53. The fourth-order valence-electron chi connectivity index (χ4n) is 2.55. The van der Waals surface area contributed by atoms with Gasteiger partial charge in [0.25, 0.3) is 0 Å². The van der Waals surface area contributed by atoms with E-state index >= 15 is 0 Å². The molecule has 0 bridgehead atoms. The van der Waals surface area contributed by atoms with Gasteiger partial charge in [-0.25, -0.2) is 4.79 Å². The van der Waals surface area contributed by atoms with Crippen LogP contribution >= 0.6 is 12.6 Å². The number of thiol groups is 1. The highest BCUT2D eigenvalue weighted by molar-refractivity contribution is 7.80. The molecule has 0 aliphatic rings. The molecule has 0 saturated heterocycles. The first kappa shape index (κ1) is 24.4. The zero-order valence-electron chi connectivity index (χ0n) is 16.4. The molecule has 0 aliphatic carbocycles. The van der Waals surface area contributed by atoms with Gasteiger partial charge in [0.15, 0.2) is 0 Å². The first-order valence-electron chi connectivity index (χ1n) is 9.17. The van der Waals surface area contributed by atoms with Crippen molar-refractivity contribution in [2.24, 2.45) is 11.7 Å². The molecule has 29 heavy (non-hydrogen) atoms. The van der Waals surface area contributed by atoms with E-state index in [0.717, 1.165) is 5.56 Å². The predicted molar refractivity (Wildman–Crippen MR) is 111 cm³/mol. The maximum Gasteiger partial charge on any atom is 0.326 e. The van der Waals surface area contributed by atoms with Crippen LogP contribution in [0.4, 0.5) is 0 Å². The molecule has 10 heteroatoms. The predicted octanol–water partition coefficient (Wildman–Crippen LogP) is -0.687. The highest BCUT2D eigenvalue weighted by Crippen LogP contribution is 2.07.